The van der Waals surface area contributed by atoms with Crippen LogP contribution in [0.3, 0.4) is 0 Å². The standard InChI is InChI=1S/C13H17FN2O2/c14-11-7-10(3-4-12(11)17)16-13(18)6-9-2-1-5-15-8-9/h3-4,7,9,15,17H,1-2,5-6,8H2,(H,16,18). The summed E-state index contributed by atoms with van der Waals surface area (Å²) >= 11 is 0. The SMILES string of the molecule is O=C(CC1CCCNC1)Nc1ccc(O)c(F)c1. The van der Waals surface area contributed by atoms with E-state index in [-0.39, 0.29) is 5.91 Å². The zero-order chi connectivity index (χ0) is 13.0. The number of carbonyl (C=O) groups is 1. The molecular formula is C13H17FN2O2. The molecule has 0 aromatic heterocycles. The first-order valence-corrected chi connectivity index (χ1v) is 6.14. The highest BCUT2D eigenvalue weighted by Crippen LogP contribution is 2.20. The van der Waals surface area contributed by atoms with Crippen LogP contribution in [0.25, 0.3) is 0 Å². The molecule has 0 spiro atoms. The molecule has 18 heavy (non-hydrogen) atoms. The van der Waals surface area contributed by atoms with Crippen molar-refractivity contribution in [1.29, 1.82) is 0 Å². The van der Waals surface area contributed by atoms with Crippen molar-refractivity contribution in [3.05, 3.63) is 24.0 Å². The fourth-order valence-electron chi connectivity index (χ4n) is 2.16. The first kappa shape index (κ1) is 12.8. The van der Waals surface area contributed by atoms with E-state index in [2.05, 4.69) is 10.6 Å². The highest BCUT2D eigenvalue weighted by Gasteiger charge is 2.16. The lowest BCUT2D eigenvalue weighted by atomic mass is 9.96. The van der Waals surface area contributed by atoms with Crippen molar-refractivity contribution in [3.63, 3.8) is 0 Å². The number of anilines is 1. The second-order valence-electron chi connectivity index (χ2n) is 4.63. The molecule has 2 rings (SSSR count). The van der Waals surface area contributed by atoms with Gasteiger partial charge in [-0.3, -0.25) is 4.79 Å². The summed E-state index contributed by atoms with van der Waals surface area (Å²) < 4.78 is 13.1. The van der Waals surface area contributed by atoms with Crippen LogP contribution in [0.4, 0.5) is 10.1 Å². The summed E-state index contributed by atoms with van der Waals surface area (Å²) in [6, 6.07) is 3.83. The number of amides is 1. The minimum absolute atomic E-state index is 0.117. The van der Waals surface area contributed by atoms with Crippen LogP contribution in [0.1, 0.15) is 19.3 Å². The molecule has 0 saturated carbocycles. The first-order valence-electron chi connectivity index (χ1n) is 6.14. The van der Waals surface area contributed by atoms with Crippen LogP contribution in [0.15, 0.2) is 18.2 Å². The third kappa shape index (κ3) is 3.43. The van der Waals surface area contributed by atoms with E-state index in [1.807, 2.05) is 0 Å². The van der Waals surface area contributed by atoms with Crippen LogP contribution in [0.2, 0.25) is 0 Å². The number of hydrogen-bond acceptors (Lipinski definition) is 3. The number of phenolic OH excluding ortho intramolecular Hbond substituents is 1. The number of hydrogen-bond donors (Lipinski definition) is 3. The van der Waals surface area contributed by atoms with Crippen molar-refractivity contribution in [1.82, 2.24) is 5.32 Å². The van der Waals surface area contributed by atoms with Gasteiger partial charge in [0.2, 0.25) is 5.91 Å². The van der Waals surface area contributed by atoms with E-state index in [4.69, 9.17) is 5.11 Å². The number of phenols is 1. The van der Waals surface area contributed by atoms with Crippen LogP contribution < -0.4 is 10.6 Å². The summed E-state index contributed by atoms with van der Waals surface area (Å²) in [5.74, 6) is -0.911. The number of halogens is 1. The molecule has 1 aliphatic rings. The van der Waals surface area contributed by atoms with E-state index in [9.17, 15) is 9.18 Å². The molecule has 1 amide bonds. The molecule has 1 unspecified atom stereocenters. The van der Waals surface area contributed by atoms with Gasteiger partial charge in [-0.2, -0.15) is 0 Å². The molecule has 1 atom stereocenters. The van der Waals surface area contributed by atoms with E-state index < -0.39 is 11.6 Å². The Morgan fingerprint density at radius 3 is 3.06 bits per heavy atom. The van der Waals surface area contributed by atoms with E-state index in [1.165, 1.54) is 12.1 Å². The lowest BCUT2D eigenvalue weighted by Gasteiger charge is -2.22. The predicted molar refractivity (Wildman–Crippen MR) is 66.9 cm³/mol. The Hall–Kier alpha value is -1.62. The van der Waals surface area contributed by atoms with Crippen LogP contribution >= 0.6 is 0 Å². The van der Waals surface area contributed by atoms with Gasteiger partial charge in [-0.15, -0.1) is 0 Å². The maximum atomic E-state index is 13.1. The topological polar surface area (TPSA) is 61.4 Å². The Morgan fingerprint density at radius 1 is 1.56 bits per heavy atom. The molecule has 1 heterocycles. The largest absolute Gasteiger partial charge is 0.505 e. The van der Waals surface area contributed by atoms with Gasteiger partial charge in [-0.1, -0.05) is 0 Å². The summed E-state index contributed by atoms with van der Waals surface area (Å²) in [4.78, 5) is 11.8. The van der Waals surface area contributed by atoms with Gasteiger partial charge in [0, 0.05) is 18.2 Å². The van der Waals surface area contributed by atoms with Crippen molar-refractivity contribution in [2.45, 2.75) is 19.3 Å². The summed E-state index contributed by atoms with van der Waals surface area (Å²) in [6.45, 7) is 1.87. The van der Waals surface area contributed by atoms with Crippen molar-refractivity contribution < 1.29 is 14.3 Å². The van der Waals surface area contributed by atoms with E-state index >= 15 is 0 Å². The molecule has 0 radical (unpaired) electrons. The maximum absolute atomic E-state index is 13.1. The molecule has 0 aliphatic carbocycles. The van der Waals surface area contributed by atoms with Gasteiger partial charge >= 0.3 is 0 Å². The number of nitrogens with one attached hydrogen (secondary N) is 2. The Kier molecular flexibility index (Phi) is 4.15. The third-order valence-electron chi connectivity index (χ3n) is 3.10. The quantitative estimate of drug-likeness (QED) is 0.720. The van der Waals surface area contributed by atoms with Gasteiger partial charge in [0.05, 0.1) is 0 Å². The molecule has 98 valence electrons. The normalized spacial score (nSPS) is 19.5. The Bertz CT molecular complexity index is 431. The van der Waals surface area contributed by atoms with Crippen molar-refractivity contribution >= 4 is 11.6 Å². The molecule has 1 aromatic rings. The van der Waals surface area contributed by atoms with Crippen LogP contribution in [-0.2, 0) is 4.79 Å². The monoisotopic (exact) mass is 252 g/mol. The first-order chi connectivity index (χ1) is 8.65. The number of aromatic hydroxyl groups is 1. The van der Waals surface area contributed by atoms with Crippen LogP contribution in [0.5, 0.6) is 5.75 Å². The summed E-state index contributed by atoms with van der Waals surface area (Å²) in [6.07, 6.45) is 2.58. The third-order valence-corrected chi connectivity index (χ3v) is 3.10. The lowest BCUT2D eigenvalue weighted by molar-refractivity contribution is -0.117. The van der Waals surface area contributed by atoms with Crippen LogP contribution in [0, 0.1) is 11.7 Å². The lowest BCUT2D eigenvalue weighted by Crippen LogP contribution is -2.32. The van der Waals surface area contributed by atoms with E-state index in [0.717, 1.165) is 32.0 Å². The smallest absolute Gasteiger partial charge is 0.224 e. The molecular weight excluding hydrogens is 235 g/mol. The van der Waals surface area contributed by atoms with Gasteiger partial charge in [-0.25, -0.2) is 4.39 Å². The predicted octanol–water partition coefficient (Wildman–Crippen LogP) is 1.86. The number of piperidine rings is 1. The molecule has 3 N–H and O–H groups in total. The minimum Gasteiger partial charge on any atom is -0.505 e. The number of carbonyl (C=O) groups excluding carboxylic acids is 1. The number of benzene rings is 1. The zero-order valence-electron chi connectivity index (χ0n) is 10.1. The highest BCUT2D eigenvalue weighted by molar-refractivity contribution is 5.90. The number of rotatable bonds is 3. The summed E-state index contributed by atoms with van der Waals surface area (Å²) in [5.41, 5.74) is 0.374. The second-order valence-corrected chi connectivity index (χ2v) is 4.63. The Balaban J connectivity index is 1.88. The average Bonchev–Trinajstić information content (AvgIpc) is 2.35. The minimum atomic E-state index is -0.730. The molecule has 5 heteroatoms. The van der Waals surface area contributed by atoms with Gasteiger partial charge in [0.1, 0.15) is 0 Å². The molecule has 1 fully saturated rings. The van der Waals surface area contributed by atoms with Gasteiger partial charge in [-0.05, 0) is 44.0 Å². The maximum Gasteiger partial charge on any atom is 0.224 e. The molecule has 1 aromatic carbocycles. The Labute approximate surface area is 105 Å². The van der Waals surface area contributed by atoms with E-state index in [1.54, 1.807) is 0 Å². The van der Waals surface area contributed by atoms with Crippen molar-refractivity contribution in [3.8, 4) is 5.75 Å². The zero-order valence-corrected chi connectivity index (χ0v) is 10.1. The van der Waals surface area contributed by atoms with Crippen molar-refractivity contribution in [2.24, 2.45) is 5.92 Å². The molecule has 1 aliphatic heterocycles. The summed E-state index contributed by atoms with van der Waals surface area (Å²) in [7, 11) is 0. The molecule has 0 bridgehead atoms. The highest BCUT2D eigenvalue weighted by atomic mass is 19.1. The average molecular weight is 252 g/mol. The van der Waals surface area contributed by atoms with Crippen molar-refractivity contribution in [2.75, 3.05) is 18.4 Å². The molecule has 4 nitrogen and oxygen atoms in total. The van der Waals surface area contributed by atoms with Gasteiger partial charge in [0.25, 0.3) is 0 Å². The fourth-order valence-corrected chi connectivity index (χ4v) is 2.16. The molecule has 1 saturated heterocycles. The fraction of sp³-hybridized carbons (Fsp3) is 0.462. The van der Waals surface area contributed by atoms with E-state index in [0.29, 0.717) is 18.0 Å². The van der Waals surface area contributed by atoms with Gasteiger partial charge in [0.15, 0.2) is 11.6 Å². The van der Waals surface area contributed by atoms with Gasteiger partial charge < -0.3 is 15.7 Å². The Morgan fingerprint density at radius 2 is 2.39 bits per heavy atom. The second kappa shape index (κ2) is 5.82. The summed E-state index contributed by atoms with van der Waals surface area (Å²) in [5, 5.41) is 14.9. The van der Waals surface area contributed by atoms with Crippen LogP contribution in [-0.4, -0.2) is 24.1 Å².